The molecule has 1 heterocycles. The number of hydrogen-bond acceptors (Lipinski definition) is 4. The number of carboxylic acids is 1. The number of rotatable bonds is 3. The molecule has 0 unspecified atom stereocenters. The Labute approximate surface area is 86.8 Å². The summed E-state index contributed by atoms with van der Waals surface area (Å²) >= 11 is 0. The second-order valence-corrected chi connectivity index (χ2v) is 2.58. The van der Waals surface area contributed by atoms with Crippen LogP contribution in [0.25, 0.3) is 0 Å². The van der Waals surface area contributed by atoms with Crippen LogP contribution in [0, 0.1) is 11.8 Å². The van der Waals surface area contributed by atoms with Gasteiger partial charge in [0, 0.05) is 0 Å². The van der Waals surface area contributed by atoms with Crippen LogP contribution in [0.15, 0.2) is 18.2 Å². The van der Waals surface area contributed by atoms with Crippen LogP contribution in [0.2, 0.25) is 0 Å². The summed E-state index contributed by atoms with van der Waals surface area (Å²) in [7, 11) is 0. The molecule has 3 N–H and O–H groups in total. The number of nitrogens with one attached hydrogen (secondary N) is 1. The topological polar surface area (TPSA) is 82.5 Å². The Bertz CT molecular complexity index is 407. The van der Waals surface area contributed by atoms with Crippen molar-refractivity contribution in [3.63, 3.8) is 0 Å². The third-order valence-corrected chi connectivity index (χ3v) is 1.53. The number of anilines is 1. The van der Waals surface area contributed by atoms with Gasteiger partial charge in [-0.1, -0.05) is 17.9 Å². The largest absolute Gasteiger partial charge is 0.477 e. The maximum atomic E-state index is 10.6. The van der Waals surface area contributed by atoms with Crippen LogP contribution in [0.1, 0.15) is 10.5 Å². The van der Waals surface area contributed by atoms with E-state index in [1.165, 1.54) is 6.07 Å². The van der Waals surface area contributed by atoms with Crippen molar-refractivity contribution in [3.8, 4) is 11.8 Å². The molecular weight excluding hydrogens is 196 g/mol. The molecule has 0 amide bonds. The average Bonchev–Trinajstić information content (AvgIpc) is 2.25. The van der Waals surface area contributed by atoms with Crippen LogP contribution < -0.4 is 5.32 Å². The molecule has 0 spiro atoms. The lowest BCUT2D eigenvalue weighted by molar-refractivity contribution is 0.0690. The number of pyridine rings is 1. The Morgan fingerprint density at radius 1 is 1.47 bits per heavy atom. The van der Waals surface area contributed by atoms with E-state index < -0.39 is 5.97 Å². The van der Waals surface area contributed by atoms with Crippen molar-refractivity contribution in [2.24, 2.45) is 0 Å². The highest BCUT2D eigenvalue weighted by Gasteiger charge is 2.03. The average molecular weight is 206 g/mol. The van der Waals surface area contributed by atoms with Crippen molar-refractivity contribution in [3.05, 3.63) is 23.9 Å². The van der Waals surface area contributed by atoms with Gasteiger partial charge in [-0.3, -0.25) is 0 Å². The number of aliphatic hydroxyl groups is 1. The highest BCUT2D eigenvalue weighted by Crippen LogP contribution is 2.03. The molecule has 78 valence electrons. The zero-order chi connectivity index (χ0) is 11.1. The highest BCUT2D eigenvalue weighted by molar-refractivity contribution is 5.85. The maximum Gasteiger partial charge on any atom is 0.354 e. The Kier molecular flexibility index (Phi) is 4.13. The zero-order valence-corrected chi connectivity index (χ0v) is 7.90. The Morgan fingerprint density at radius 3 is 2.93 bits per heavy atom. The minimum Gasteiger partial charge on any atom is -0.477 e. The summed E-state index contributed by atoms with van der Waals surface area (Å²) in [4.78, 5) is 14.4. The summed E-state index contributed by atoms with van der Waals surface area (Å²) in [5.41, 5.74) is -0.0184. The molecule has 0 atom stereocenters. The van der Waals surface area contributed by atoms with Gasteiger partial charge in [0.2, 0.25) is 0 Å². The lowest BCUT2D eigenvalue weighted by Crippen LogP contribution is -2.05. The highest BCUT2D eigenvalue weighted by atomic mass is 16.4. The van der Waals surface area contributed by atoms with E-state index in [2.05, 4.69) is 22.1 Å². The first-order valence-electron chi connectivity index (χ1n) is 4.25. The number of aromatic carboxylic acids is 1. The molecule has 0 saturated heterocycles. The number of carboxylic acid groups (broad SMARTS) is 1. The fourth-order valence-corrected chi connectivity index (χ4v) is 0.905. The molecule has 0 radical (unpaired) electrons. The van der Waals surface area contributed by atoms with E-state index in [0.717, 1.165) is 0 Å². The zero-order valence-electron chi connectivity index (χ0n) is 7.90. The summed E-state index contributed by atoms with van der Waals surface area (Å²) < 4.78 is 0. The standard InChI is InChI=1S/C10H10N2O3/c13-7-2-1-6-11-9-5-3-4-8(12-9)10(14)15/h3-5,13H,6-7H2,(H,11,12)(H,14,15). The van der Waals surface area contributed by atoms with Crippen molar-refractivity contribution in [2.45, 2.75) is 0 Å². The number of aromatic nitrogens is 1. The van der Waals surface area contributed by atoms with Crippen LogP contribution in [-0.2, 0) is 0 Å². The van der Waals surface area contributed by atoms with Crippen molar-refractivity contribution >= 4 is 11.8 Å². The molecule has 5 nitrogen and oxygen atoms in total. The SMILES string of the molecule is O=C(O)c1cccc(NCC#CCO)n1. The molecule has 0 aliphatic heterocycles. The summed E-state index contributed by atoms with van der Waals surface area (Å²) in [5.74, 6) is 4.47. The van der Waals surface area contributed by atoms with Crippen LogP contribution >= 0.6 is 0 Å². The van der Waals surface area contributed by atoms with Gasteiger partial charge in [-0.2, -0.15) is 0 Å². The molecule has 0 aliphatic rings. The molecule has 1 aromatic heterocycles. The lowest BCUT2D eigenvalue weighted by atomic mass is 10.3. The quantitative estimate of drug-likeness (QED) is 0.615. The number of aliphatic hydroxyl groups excluding tert-OH is 1. The predicted octanol–water partition coefficient (Wildman–Crippen LogP) is 0.187. The van der Waals surface area contributed by atoms with Gasteiger partial charge in [-0.15, -0.1) is 0 Å². The molecule has 0 aromatic carbocycles. The molecule has 15 heavy (non-hydrogen) atoms. The molecule has 1 aromatic rings. The van der Waals surface area contributed by atoms with Gasteiger partial charge in [0.05, 0.1) is 6.54 Å². The van der Waals surface area contributed by atoms with E-state index >= 15 is 0 Å². The van der Waals surface area contributed by atoms with Crippen molar-refractivity contribution < 1.29 is 15.0 Å². The fraction of sp³-hybridized carbons (Fsp3) is 0.200. The predicted molar refractivity (Wildman–Crippen MR) is 54.5 cm³/mol. The third kappa shape index (κ3) is 3.67. The number of hydrogen-bond donors (Lipinski definition) is 3. The van der Waals surface area contributed by atoms with E-state index in [9.17, 15) is 4.79 Å². The van der Waals surface area contributed by atoms with E-state index in [1.807, 2.05) is 0 Å². The van der Waals surface area contributed by atoms with Gasteiger partial charge < -0.3 is 15.5 Å². The van der Waals surface area contributed by atoms with E-state index in [4.69, 9.17) is 10.2 Å². The van der Waals surface area contributed by atoms with Gasteiger partial charge in [-0.25, -0.2) is 9.78 Å². The van der Waals surface area contributed by atoms with E-state index in [-0.39, 0.29) is 12.3 Å². The van der Waals surface area contributed by atoms with Gasteiger partial charge >= 0.3 is 5.97 Å². The number of nitrogens with zero attached hydrogens (tertiary/aromatic N) is 1. The van der Waals surface area contributed by atoms with Crippen LogP contribution in [0.5, 0.6) is 0 Å². The monoisotopic (exact) mass is 206 g/mol. The van der Waals surface area contributed by atoms with Gasteiger partial charge in [0.25, 0.3) is 0 Å². The van der Waals surface area contributed by atoms with E-state index in [0.29, 0.717) is 12.4 Å². The van der Waals surface area contributed by atoms with Crippen molar-refractivity contribution in [2.75, 3.05) is 18.5 Å². The van der Waals surface area contributed by atoms with Gasteiger partial charge in [-0.05, 0) is 12.1 Å². The number of carbonyl (C=O) groups is 1. The molecule has 0 fully saturated rings. The first-order valence-corrected chi connectivity index (χ1v) is 4.25. The first kappa shape index (κ1) is 11.0. The van der Waals surface area contributed by atoms with Crippen LogP contribution in [0.3, 0.4) is 0 Å². The molecule has 5 heteroatoms. The van der Waals surface area contributed by atoms with Crippen molar-refractivity contribution in [1.29, 1.82) is 0 Å². The molecule has 1 rings (SSSR count). The third-order valence-electron chi connectivity index (χ3n) is 1.53. The normalized spacial score (nSPS) is 8.87. The van der Waals surface area contributed by atoms with Crippen molar-refractivity contribution in [1.82, 2.24) is 4.98 Å². The second kappa shape index (κ2) is 5.62. The smallest absolute Gasteiger partial charge is 0.354 e. The Hall–Kier alpha value is -2.06. The lowest BCUT2D eigenvalue weighted by Gasteiger charge is -2.01. The summed E-state index contributed by atoms with van der Waals surface area (Å²) in [5, 5.41) is 19.9. The molecular formula is C10H10N2O3. The summed E-state index contributed by atoms with van der Waals surface area (Å²) in [6.45, 7) is 0.126. The fourth-order valence-electron chi connectivity index (χ4n) is 0.905. The summed E-state index contributed by atoms with van der Waals surface area (Å²) in [6.07, 6.45) is 0. The molecule has 0 aliphatic carbocycles. The minimum absolute atomic E-state index is 0.0184. The minimum atomic E-state index is -1.07. The molecule has 0 bridgehead atoms. The van der Waals surface area contributed by atoms with Crippen LogP contribution in [-0.4, -0.2) is 34.3 Å². The van der Waals surface area contributed by atoms with Gasteiger partial charge in [0.1, 0.15) is 12.4 Å². The summed E-state index contributed by atoms with van der Waals surface area (Å²) in [6, 6.07) is 4.65. The molecule has 0 saturated carbocycles. The second-order valence-electron chi connectivity index (χ2n) is 2.58. The van der Waals surface area contributed by atoms with Gasteiger partial charge in [0.15, 0.2) is 5.69 Å². The van der Waals surface area contributed by atoms with Crippen LogP contribution in [0.4, 0.5) is 5.82 Å². The maximum absolute atomic E-state index is 10.6. The van der Waals surface area contributed by atoms with E-state index in [1.54, 1.807) is 12.1 Å². The Balaban J connectivity index is 2.62. The first-order chi connectivity index (χ1) is 7.24. The Morgan fingerprint density at radius 2 is 2.27 bits per heavy atom.